The Balaban J connectivity index is 1.20. The Labute approximate surface area is 202 Å². The highest BCUT2D eigenvalue weighted by atomic mass is 16.2. The number of para-hydroxylation sites is 1. The highest BCUT2D eigenvalue weighted by Crippen LogP contribution is 2.24. The summed E-state index contributed by atoms with van der Waals surface area (Å²) in [7, 11) is 0. The van der Waals surface area contributed by atoms with E-state index in [1.54, 1.807) is 14.1 Å². The molecule has 1 aliphatic heterocycles. The fourth-order valence-corrected chi connectivity index (χ4v) is 4.33. The van der Waals surface area contributed by atoms with Crippen molar-refractivity contribution in [2.75, 3.05) is 18.0 Å². The van der Waals surface area contributed by atoms with Gasteiger partial charge in [0.15, 0.2) is 5.65 Å². The first-order valence-electron chi connectivity index (χ1n) is 11.6. The fraction of sp³-hybridized carbons (Fsp3) is 0.269. The van der Waals surface area contributed by atoms with Gasteiger partial charge in [0.2, 0.25) is 11.8 Å². The summed E-state index contributed by atoms with van der Waals surface area (Å²) in [6, 6.07) is 17.4. The van der Waals surface area contributed by atoms with Gasteiger partial charge in [-0.05, 0) is 24.6 Å². The SMILES string of the molecule is Cc1ccc(Cn2cnc3c(cnn3CCNC(=O)C3CC(=O)N(c4ccccc4)C3)c2=O)cc1. The number of aryl methyl sites for hydroxylation is 1. The van der Waals surface area contributed by atoms with Crippen LogP contribution < -0.4 is 15.8 Å². The third-order valence-electron chi connectivity index (χ3n) is 6.28. The zero-order chi connectivity index (χ0) is 24.4. The summed E-state index contributed by atoms with van der Waals surface area (Å²) in [6.07, 6.45) is 3.24. The number of carbonyl (C=O) groups is 2. The monoisotopic (exact) mass is 470 g/mol. The lowest BCUT2D eigenvalue weighted by Gasteiger charge is -2.16. The van der Waals surface area contributed by atoms with Gasteiger partial charge < -0.3 is 10.2 Å². The van der Waals surface area contributed by atoms with Crippen LogP contribution in [0.15, 0.2) is 71.9 Å². The molecule has 1 atom stereocenters. The van der Waals surface area contributed by atoms with Crippen molar-refractivity contribution < 1.29 is 9.59 Å². The molecule has 1 saturated heterocycles. The van der Waals surface area contributed by atoms with Crippen molar-refractivity contribution in [2.24, 2.45) is 5.92 Å². The molecule has 0 radical (unpaired) electrons. The summed E-state index contributed by atoms with van der Waals surface area (Å²) < 4.78 is 3.18. The number of carbonyl (C=O) groups excluding carboxylic acids is 2. The zero-order valence-electron chi connectivity index (χ0n) is 19.4. The second kappa shape index (κ2) is 9.54. The number of rotatable bonds is 7. The molecule has 3 heterocycles. The van der Waals surface area contributed by atoms with Gasteiger partial charge in [-0.2, -0.15) is 5.10 Å². The topological polar surface area (TPSA) is 102 Å². The second-order valence-electron chi connectivity index (χ2n) is 8.80. The third-order valence-corrected chi connectivity index (χ3v) is 6.28. The molecular weight excluding hydrogens is 444 g/mol. The van der Waals surface area contributed by atoms with Gasteiger partial charge in [-0.15, -0.1) is 0 Å². The summed E-state index contributed by atoms with van der Waals surface area (Å²) in [5.41, 5.74) is 3.31. The highest BCUT2D eigenvalue weighted by Gasteiger charge is 2.34. The minimum Gasteiger partial charge on any atom is -0.354 e. The number of aromatic nitrogens is 4. The van der Waals surface area contributed by atoms with Gasteiger partial charge in [-0.3, -0.25) is 19.0 Å². The molecule has 1 aliphatic rings. The Morgan fingerprint density at radius 1 is 1.09 bits per heavy atom. The van der Waals surface area contributed by atoms with Gasteiger partial charge in [-0.25, -0.2) is 9.67 Å². The van der Waals surface area contributed by atoms with E-state index in [1.807, 2.05) is 61.5 Å². The first kappa shape index (κ1) is 22.5. The van der Waals surface area contributed by atoms with Crippen molar-refractivity contribution in [3.05, 3.63) is 88.6 Å². The fourth-order valence-electron chi connectivity index (χ4n) is 4.33. The van der Waals surface area contributed by atoms with E-state index in [1.165, 1.54) is 12.5 Å². The lowest BCUT2D eigenvalue weighted by atomic mass is 10.1. The van der Waals surface area contributed by atoms with Crippen molar-refractivity contribution in [3.8, 4) is 0 Å². The molecule has 0 aliphatic carbocycles. The molecule has 1 N–H and O–H groups in total. The molecule has 1 fully saturated rings. The Bertz CT molecular complexity index is 1430. The van der Waals surface area contributed by atoms with Gasteiger partial charge in [0.25, 0.3) is 5.56 Å². The van der Waals surface area contributed by atoms with Crippen LogP contribution in [0.3, 0.4) is 0 Å². The maximum atomic E-state index is 12.9. The quantitative estimate of drug-likeness (QED) is 0.446. The number of nitrogens with one attached hydrogen (secondary N) is 1. The molecule has 4 aromatic rings. The number of hydrogen-bond donors (Lipinski definition) is 1. The van der Waals surface area contributed by atoms with E-state index in [-0.39, 0.29) is 23.8 Å². The Hall–Kier alpha value is -4.27. The zero-order valence-corrected chi connectivity index (χ0v) is 19.4. The number of nitrogens with zero attached hydrogens (tertiary/aromatic N) is 5. The van der Waals surface area contributed by atoms with Crippen LogP contribution in [0.25, 0.3) is 11.0 Å². The largest absolute Gasteiger partial charge is 0.354 e. The minimum absolute atomic E-state index is 0.0551. The van der Waals surface area contributed by atoms with Gasteiger partial charge in [0.1, 0.15) is 11.7 Å². The van der Waals surface area contributed by atoms with Crippen molar-refractivity contribution in [1.29, 1.82) is 0 Å². The van der Waals surface area contributed by atoms with Crippen LogP contribution in [-0.2, 0) is 22.7 Å². The second-order valence-corrected chi connectivity index (χ2v) is 8.80. The lowest BCUT2D eigenvalue weighted by molar-refractivity contribution is -0.126. The normalized spacial score (nSPS) is 15.6. The summed E-state index contributed by atoms with van der Waals surface area (Å²) in [5, 5.41) is 7.63. The van der Waals surface area contributed by atoms with Gasteiger partial charge in [0, 0.05) is 25.2 Å². The van der Waals surface area contributed by atoms with E-state index >= 15 is 0 Å². The Kier molecular flexibility index (Phi) is 6.13. The molecule has 0 spiro atoms. The van der Waals surface area contributed by atoms with Gasteiger partial charge in [0.05, 0.1) is 25.2 Å². The third kappa shape index (κ3) is 4.70. The summed E-state index contributed by atoms with van der Waals surface area (Å²) in [6.45, 7) is 3.50. The van der Waals surface area contributed by atoms with E-state index in [2.05, 4.69) is 15.4 Å². The van der Waals surface area contributed by atoms with E-state index in [0.29, 0.717) is 37.2 Å². The predicted molar refractivity (Wildman–Crippen MR) is 132 cm³/mol. The van der Waals surface area contributed by atoms with Crippen LogP contribution in [0.1, 0.15) is 17.5 Å². The number of fused-ring (bicyclic) bond motifs is 1. The first-order chi connectivity index (χ1) is 17.0. The standard InChI is InChI=1S/C26H26N6O3/c1-18-7-9-19(10-8-18)15-30-17-28-24-22(26(30)35)14-29-32(24)12-11-27-25(34)20-13-23(33)31(16-20)21-5-3-2-4-6-21/h2-10,14,17,20H,11-13,15-16H2,1H3,(H,27,34). The predicted octanol–water partition coefficient (Wildman–Crippen LogP) is 2.12. The maximum Gasteiger partial charge on any atom is 0.264 e. The van der Waals surface area contributed by atoms with E-state index in [9.17, 15) is 14.4 Å². The number of anilines is 1. The Morgan fingerprint density at radius 2 is 1.86 bits per heavy atom. The minimum atomic E-state index is -0.399. The van der Waals surface area contributed by atoms with E-state index < -0.39 is 5.92 Å². The molecule has 2 amide bonds. The summed E-state index contributed by atoms with van der Waals surface area (Å²) in [4.78, 5) is 44.0. The maximum absolute atomic E-state index is 12.9. The van der Waals surface area contributed by atoms with Crippen LogP contribution in [0.5, 0.6) is 0 Å². The molecule has 0 bridgehead atoms. The average molecular weight is 471 g/mol. The molecular formula is C26H26N6O3. The molecule has 9 nitrogen and oxygen atoms in total. The van der Waals surface area contributed by atoms with Crippen LogP contribution in [0.2, 0.25) is 0 Å². The smallest absolute Gasteiger partial charge is 0.264 e. The molecule has 0 saturated carbocycles. The average Bonchev–Trinajstić information content (AvgIpc) is 3.47. The Morgan fingerprint density at radius 3 is 2.63 bits per heavy atom. The first-order valence-corrected chi connectivity index (χ1v) is 11.6. The molecule has 35 heavy (non-hydrogen) atoms. The van der Waals surface area contributed by atoms with Gasteiger partial charge in [-0.1, -0.05) is 48.0 Å². The van der Waals surface area contributed by atoms with E-state index in [0.717, 1.165) is 16.8 Å². The lowest BCUT2D eigenvalue weighted by Crippen LogP contribution is -2.35. The van der Waals surface area contributed by atoms with Crippen molar-refractivity contribution in [3.63, 3.8) is 0 Å². The highest BCUT2D eigenvalue weighted by molar-refractivity contribution is 6.00. The van der Waals surface area contributed by atoms with Gasteiger partial charge >= 0.3 is 0 Å². The molecule has 2 aromatic carbocycles. The van der Waals surface area contributed by atoms with Crippen molar-refractivity contribution >= 4 is 28.5 Å². The summed E-state index contributed by atoms with van der Waals surface area (Å²) in [5.74, 6) is -0.619. The number of benzene rings is 2. The molecule has 5 rings (SSSR count). The van der Waals surface area contributed by atoms with Crippen molar-refractivity contribution in [2.45, 2.75) is 26.4 Å². The van der Waals surface area contributed by atoms with Crippen LogP contribution in [0.4, 0.5) is 5.69 Å². The number of amides is 2. The summed E-state index contributed by atoms with van der Waals surface area (Å²) >= 11 is 0. The molecule has 178 valence electrons. The number of hydrogen-bond acceptors (Lipinski definition) is 5. The molecule has 2 aromatic heterocycles. The van der Waals surface area contributed by atoms with Crippen LogP contribution in [0, 0.1) is 12.8 Å². The molecule has 9 heteroatoms. The van der Waals surface area contributed by atoms with E-state index in [4.69, 9.17) is 0 Å². The molecule has 1 unspecified atom stereocenters. The van der Waals surface area contributed by atoms with Crippen molar-refractivity contribution in [1.82, 2.24) is 24.6 Å². The van der Waals surface area contributed by atoms with Crippen LogP contribution >= 0.6 is 0 Å². The van der Waals surface area contributed by atoms with Crippen LogP contribution in [-0.4, -0.2) is 44.2 Å².